The van der Waals surface area contributed by atoms with E-state index in [0.29, 0.717) is 11.2 Å². The predicted octanol–water partition coefficient (Wildman–Crippen LogP) is 0.317. The minimum atomic E-state index is -2.88. The van der Waals surface area contributed by atoms with E-state index in [2.05, 4.69) is 24.5 Å². The summed E-state index contributed by atoms with van der Waals surface area (Å²) in [4.78, 5) is 23.9. The van der Waals surface area contributed by atoms with Gasteiger partial charge in [-0.15, -0.1) is 4.89 Å². The SMILES string of the molecule is Nc1nc(=S)c2ncn([C@H]3C[C@H](O)[C@@H](COO[P+](=O)O)O3)c2[nH]1. The Morgan fingerprint density at radius 1 is 1.65 bits per heavy atom. The van der Waals surface area contributed by atoms with Gasteiger partial charge in [0.05, 0.1) is 17.1 Å². The molecule has 3 heterocycles. The monoisotopic (exact) mass is 362 g/mol. The van der Waals surface area contributed by atoms with Gasteiger partial charge in [0.2, 0.25) is 0 Å². The molecule has 0 spiro atoms. The number of anilines is 1. The summed E-state index contributed by atoms with van der Waals surface area (Å²) in [6.07, 6.45) is -0.360. The van der Waals surface area contributed by atoms with E-state index in [1.54, 1.807) is 4.57 Å². The van der Waals surface area contributed by atoms with Gasteiger partial charge < -0.3 is 20.6 Å². The molecule has 11 nitrogen and oxygen atoms in total. The molecule has 2 aromatic rings. The van der Waals surface area contributed by atoms with Gasteiger partial charge >= 0.3 is 8.25 Å². The quantitative estimate of drug-likeness (QED) is 0.252. The average Bonchev–Trinajstić information content (AvgIpc) is 3.02. The number of imidazole rings is 1. The second kappa shape index (κ2) is 6.53. The Morgan fingerprint density at radius 3 is 3.17 bits per heavy atom. The lowest BCUT2D eigenvalue weighted by atomic mass is 10.2. The molecule has 1 saturated heterocycles. The van der Waals surface area contributed by atoms with Crippen LogP contribution in [0, 0.1) is 4.64 Å². The number of rotatable bonds is 5. The Kier molecular flexibility index (Phi) is 4.64. The van der Waals surface area contributed by atoms with E-state index in [4.69, 9.17) is 27.6 Å². The second-order valence-electron chi connectivity index (χ2n) is 4.81. The van der Waals surface area contributed by atoms with Crippen LogP contribution in [0.3, 0.4) is 0 Å². The molecule has 3 rings (SSSR count). The molecule has 13 heteroatoms. The van der Waals surface area contributed by atoms with Gasteiger partial charge in [0.15, 0.2) is 10.6 Å². The molecule has 1 fully saturated rings. The number of aromatic amines is 1. The van der Waals surface area contributed by atoms with E-state index >= 15 is 0 Å². The molecule has 2 aromatic heterocycles. The molecular formula is C10H13N5O6PS+. The Labute approximate surface area is 134 Å². The van der Waals surface area contributed by atoms with E-state index < -0.39 is 26.7 Å². The summed E-state index contributed by atoms with van der Waals surface area (Å²) in [6, 6.07) is 0. The lowest BCUT2D eigenvalue weighted by Crippen LogP contribution is -2.26. The number of aliphatic hydroxyl groups is 1. The third kappa shape index (κ3) is 3.38. The fourth-order valence-electron chi connectivity index (χ4n) is 2.35. The number of nitrogens with two attached hydrogens (primary N) is 1. The highest BCUT2D eigenvalue weighted by Crippen LogP contribution is 2.31. The molecule has 0 aromatic carbocycles. The number of hydrogen-bond donors (Lipinski definition) is 4. The van der Waals surface area contributed by atoms with Gasteiger partial charge in [0.25, 0.3) is 0 Å². The summed E-state index contributed by atoms with van der Waals surface area (Å²) in [5.41, 5.74) is 6.64. The summed E-state index contributed by atoms with van der Waals surface area (Å²) in [7, 11) is -2.88. The smallest absolute Gasteiger partial charge is 0.390 e. The van der Waals surface area contributed by atoms with Crippen molar-refractivity contribution in [2.24, 2.45) is 0 Å². The van der Waals surface area contributed by atoms with Crippen molar-refractivity contribution in [3.8, 4) is 0 Å². The van der Waals surface area contributed by atoms with Gasteiger partial charge in [-0.3, -0.25) is 4.57 Å². The number of aromatic nitrogens is 4. The molecule has 23 heavy (non-hydrogen) atoms. The zero-order valence-electron chi connectivity index (χ0n) is 11.5. The van der Waals surface area contributed by atoms with Crippen molar-refractivity contribution in [2.45, 2.75) is 24.9 Å². The molecule has 1 aliphatic rings. The number of fused-ring (bicyclic) bond motifs is 1. The van der Waals surface area contributed by atoms with E-state index in [1.807, 2.05) is 0 Å². The van der Waals surface area contributed by atoms with Gasteiger partial charge in [0, 0.05) is 11.0 Å². The number of nitrogens with one attached hydrogen (secondary N) is 1. The summed E-state index contributed by atoms with van der Waals surface area (Å²) in [5.74, 6) is 0.142. The lowest BCUT2D eigenvalue weighted by Gasteiger charge is -2.14. The second-order valence-corrected chi connectivity index (χ2v) is 5.82. The standard InChI is InChI=1S/C10H12N5O6PS/c11-10-13-8-7(9(23)14-10)12-3-15(8)6-1-4(16)5(20-6)2-19-21-22(17)18/h3-6,16H,1-2H2,(H3-,11,13,14,17,18,23)/p+1/t4-,5+,6+/m0/s1. The van der Waals surface area contributed by atoms with Gasteiger partial charge in [-0.1, -0.05) is 12.2 Å². The molecule has 4 atom stereocenters. The molecule has 0 radical (unpaired) electrons. The Morgan fingerprint density at radius 2 is 2.43 bits per heavy atom. The lowest BCUT2D eigenvalue weighted by molar-refractivity contribution is -0.234. The minimum Gasteiger partial charge on any atom is -0.390 e. The maximum atomic E-state index is 10.4. The number of hydrogen-bond acceptors (Lipinski definition) is 9. The van der Waals surface area contributed by atoms with Crippen LogP contribution >= 0.6 is 20.5 Å². The van der Waals surface area contributed by atoms with Gasteiger partial charge in [-0.25, -0.2) is 9.97 Å². The third-order valence-corrected chi connectivity index (χ3v) is 3.85. The first kappa shape index (κ1) is 16.3. The molecule has 0 bridgehead atoms. The number of aliphatic hydroxyl groups excluding tert-OH is 1. The maximum absolute atomic E-state index is 10.4. The molecule has 124 valence electrons. The molecule has 1 unspecified atom stereocenters. The normalized spacial score (nSPS) is 25.1. The van der Waals surface area contributed by atoms with Crippen molar-refractivity contribution in [1.82, 2.24) is 19.5 Å². The summed E-state index contributed by atoms with van der Waals surface area (Å²) < 4.78 is 22.0. The van der Waals surface area contributed by atoms with Crippen molar-refractivity contribution in [1.29, 1.82) is 0 Å². The van der Waals surface area contributed by atoms with E-state index in [0.717, 1.165) is 0 Å². The van der Waals surface area contributed by atoms with Crippen LogP contribution < -0.4 is 5.73 Å². The predicted molar refractivity (Wildman–Crippen MR) is 78.5 cm³/mol. The molecular weight excluding hydrogens is 349 g/mol. The first-order valence-electron chi connectivity index (χ1n) is 6.47. The van der Waals surface area contributed by atoms with Crippen molar-refractivity contribution in [3.63, 3.8) is 0 Å². The fourth-order valence-corrected chi connectivity index (χ4v) is 2.75. The first-order chi connectivity index (χ1) is 11.0. The molecule has 1 aliphatic heterocycles. The van der Waals surface area contributed by atoms with E-state index in [1.165, 1.54) is 6.33 Å². The molecule has 0 aliphatic carbocycles. The van der Waals surface area contributed by atoms with Crippen molar-refractivity contribution in [3.05, 3.63) is 11.0 Å². The van der Waals surface area contributed by atoms with Crippen LogP contribution in [0.1, 0.15) is 12.6 Å². The average molecular weight is 362 g/mol. The van der Waals surface area contributed by atoms with Gasteiger partial charge in [0.1, 0.15) is 30.1 Å². The van der Waals surface area contributed by atoms with Crippen LogP contribution in [0.4, 0.5) is 5.95 Å². The van der Waals surface area contributed by atoms with Crippen LogP contribution in [0.25, 0.3) is 11.2 Å². The molecule has 0 saturated carbocycles. The summed E-state index contributed by atoms with van der Waals surface area (Å²) in [6.45, 7) is -0.203. The Balaban J connectivity index is 1.78. The zero-order chi connectivity index (χ0) is 16.6. The van der Waals surface area contributed by atoms with Crippen LogP contribution in [0.5, 0.6) is 0 Å². The highest BCUT2D eigenvalue weighted by atomic mass is 32.1. The Hall–Kier alpha value is -1.53. The van der Waals surface area contributed by atoms with Crippen molar-refractivity contribution < 1.29 is 28.9 Å². The molecule has 0 amide bonds. The molecule has 5 N–H and O–H groups in total. The van der Waals surface area contributed by atoms with E-state index in [9.17, 15) is 9.67 Å². The highest BCUT2D eigenvalue weighted by molar-refractivity contribution is 7.71. The van der Waals surface area contributed by atoms with Crippen LogP contribution in [0.15, 0.2) is 6.33 Å². The topological polar surface area (TPSA) is 158 Å². The van der Waals surface area contributed by atoms with Crippen LogP contribution in [0.2, 0.25) is 0 Å². The highest BCUT2D eigenvalue weighted by Gasteiger charge is 2.36. The van der Waals surface area contributed by atoms with Crippen molar-refractivity contribution in [2.75, 3.05) is 12.3 Å². The largest absolute Gasteiger partial charge is 0.725 e. The van der Waals surface area contributed by atoms with Gasteiger partial charge in [-0.05, 0) is 0 Å². The zero-order valence-corrected chi connectivity index (χ0v) is 13.2. The van der Waals surface area contributed by atoms with Crippen LogP contribution in [-0.4, -0.2) is 48.3 Å². The fraction of sp³-hybridized carbons (Fsp3) is 0.500. The number of ether oxygens (including phenoxy) is 1. The number of H-pyrrole nitrogens is 1. The van der Waals surface area contributed by atoms with Crippen LogP contribution in [-0.2, 0) is 18.9 Å². The van der Waals surface area contributed by atoms with Crippen molar-refractivity contribution >= 4 is 37.6 Å². The third-order valence-electron chi connectivity index (χ3n) is 3.33. The van der Waals surface area contributed by atoms with E-state index in [-0.39, 0.29) is 23.6 Å². The number of nitrogens with zero attached hydrogens (tertiary/aromatic N) is 3. The van der Waals surface area contributed by atoms with Gasteiger partial charge in [-0.2, -0.15) is 4.89 Å². The number of nitrogen functional groups attached to an aromatic ring is 1. The first-order valence-corrected chi connectivity index (χ1v) is 8.01. The Bertz CT molecular complexity index is 796. The summed E-state index contributed by atoms with van der Waals surface area (Å²) >= 11 is 5.09. The maximum Gasteiger partial charge on any atom is 0.725 e. The minimum absolute atomic E-state index is 0.142. The summed E-state index contributed by atoms with van der Waals surface area (Å²) in [5, 5.41) is 10.0.